The summed E-state index contributed by atoms with van der Waals surface area (Å²) in [5.74, 6) is 1.94. The highest BCUT2D eigenvalue weighted by atomic mass is 16.2. The first-order valence-electron chi connectivity index (χ1n) is 8.89. The van der Waals surface area contributed by atoms with Gasteiger partial charge in [-0.15, -0.1) is 0 Å². The normalized spacial score (nSPS) is 18.5. The predicted molar refractivity (Wildman–Crippen MR) is 90.5 cm³/mol. The molecule has 1 saturated heterocycles. The van der Waals surface area contributed by atoms with Crippen LogP contribution in [0.5, 0.6) is 0 Å². The maximum Gasteiger partial charge on any atom is 0.257 e. The van der Waals surface area contributed by atoms with Gasteiger partial charge in [-0.3, -0.25) is 9.59 Å². The molecule has 6 nitrogen and oxygen atoms in total. The third-order valence-corrected chi connectivity index (χ3v) is 4.99. The molecule has 6 heteroatoms. The van der Waals surface area contributed by atoms with Gasteiger partial charge in [0.05, 0.1) is 11.3 Å². The molecular weight excluding hydrogens is 304 g/mol. The highest BCUT2D eigenvalue weighted by Crippen LogP contribution is 2.28. The maximum absolute atomic E-state index is 12.6. The molecule has 2 amide bonds. The molecule has 1 aliphatic carbocycles. The first-order chi connectivity index (χ1) is 11.5. The number of aryl methyl sites for hydroxylation is 2. The molecule has 1 saturated carbocycles. The van der Waals surface area contributed by atoms with Gasteiger partial charge in [0.15, 0.2) is 0 Å². The van der Waals surface area contributed by atoms with Gasteiger partial charge in [-0.05, 0) is 51.4 Å². The van der Waals surface area contributed by atoms with E-state index in [4.69, 9.17) is 0 Å². The van der Waals surface area contributed by atoms with E-state index < -0.39 is 0 Å². The summed E-state index contributed by atoms with van der Waals surface area (Å²) in [6, 6.07) is 0. The zero-order valence-electron chi connectivity index (χ0n) is 14.5. The van der Waals surface area contributed by atoms with E-state index in [1.807, 2.05) is 18.7 Å². The molecule has 1 N–H and O–H groups in total. The standard InChI is InChI=1S/C18H26N4O2/c1-12-16(11-19-13(2)21-12)18(24)22-7-5-14(6-8-22)9-17(23)20-10-15-3-4-15/h11,14-15H,3-10H2,1-2H3,(H,20,23). The van der Waals surface area contributed by atoms with Crippen LogP contribution >= 0.6 is 0 Å². The van der Waals surface area contributed by atoms with Crippen LogP contribution in [0, 0.1) is 25.7 Å². The average molecular weight is 330 g/mol. The lowest BCUT2D eigenvalue weighted by molar-refractivity contribution is -0.122. The van der Waals surface area contributed by atoms with Crippen molar-refractivity contribution in [2.75, 3.05) is 19.6 Å². The van der Waals surface area contributed by atoms with Crippen molar-refractivity contribution in [3.05, 3.63) is 23.3 Å². The largest absolute Gasteiger partial charge is 0.356 e. The minimum Gasteiger partial charge on any atom is -0.356 e. The molecule has 130 valence electrons. The van der Waals surface area contributed by atoms with Crippen molar-refractivity contribution < 1.29 is 9.59 Å². The van der Waals surface area contributed by atoms with Crippen LogP contribution in [0.4, 0.5) is 0 Å². The van der Waals surface area contributed by atoms with E-state index in [2.05, 4.69) is 15.3 Å². The SMILES string of the molecule is Cc1ncc(C(=O)N2CCC(CC(=O)NCC3CC3)CC2)c(C)n1. The van der Waals surface area contributed by atoms with Gasteiger partial charge < -0.3 is 10.2 Å². The molecular formula is C18H26N4O2. The van der Waals surface area contributed by atoms with E-state index in [9.17, 15) is 9.59 Å². The molecule has 0 radical (unpaired) electrons. The van der Waals surface area contributed by atoms with Gasteiger partial charge >= 0.3 is 0 Å². The maximum atomic E-state index is 12.6. The summed E-state index contributed by atoms with van der Waals surface area (Å²) >= 11 is 0. The zero-order chi connectivity index (χ0) is 17.1. The molecule has 1 aromatic heterocycles. The van der Waals surface area contributed by atoms with Crippen molar-refractivity contribution >= 4 is 11.8 Å². The number of rotatable bonds is 5. The summed E-state index contributed by atoms with van der Waals surface area (Å²) in [6.07, 6.45) is 6.48. The minimum atomic E-state index is 0.00383. The van der Waals surface area contributed by atoms with Gasteiger partial charge in [0.25, 0.3) is 5.91 Å². The van der Waals surface area contributed by atoms with E-state index in [1.165, 1.54) is 12.8 Å². The number of carbonyl (C=O) groups excluding carboxylic acids is 2. The smallest absolute Gasteiger partial charge is 0.257 e. The Morgan fingerprint density at radius 3 is 2.50 bits per heavy atom. The molecule has 24 heavy (non-hydrogen) atoms. The first-order valence-corrected chi connectivity index (χ1v) is 8.89. The first kappa shape index (κ1) is 16.9. The predicted octanol–water partition coefficient (Wildman–Crippen LogP) is 1.86. The van der Waals surface area contributed by atoms with Crippen LogP contribution < -0.4 is 5.32 Å². The van der Waals surface area contributed by atoms with Gasteiger partial charge in [0, 0.05) is 32.3 Å². The summed E-state index contributed by atoms with van der Waals surface area (Å²) < 4.78 is 0. The van der Waals surface area contributed by atoms with Gasteiger partial charge in [-0.2, -0.15) is 0 Å². The van der Waals surface area contributed by atoms with Crippen LogP contribution in [-0.4, -0.2) is 46.3 Å². The third-order valence-electron chi connectivity index (χ3n) is 4.99. The molecule has 3 rings (SSSR count). The summed E-state index contributed by atoms with van der Waals surface area (Å²) in [5.41, 5.74) is 1.32. The molecule has 0 atom stereocenters. The Bertz CT molecular complexity index is 619. The van der Waals surface area contributed by atoms with Gasteiger partial charge in [-0.25, -0.2) is 9.97 Å². The minimum absolute atomic E-state index is 0.00383. The molecule has 0 bridgehead atoms. The fraction of sp³-hybridized carbons (Fsp3) is 0.667. The summed E-state index contributed by atoms with van der Waals surface area (Å²) in [6.45, 7) is 5.90. The second-order valence-corrected chi connectivity index (χ2v) is 7.10. The van der Waals surface area contributed by atoms with Crippen molar-refractivity contribution in [2.24, 2.45) is 11.8 Å². The van der Waals surface area contributed by atoms with E-state index in [1.54, 1.807) is 6.20 Å². The number of nitrogens with zero attached hydrogens (tertiary/aromatic N) is 3. The van der Waals surface area contributed by atoms with Crippen LogP contribution in [0.1, 0.15) is 54.0 Å². The van der Waals surface area contributed by atoms with E-state index in [-0.39, 0.29) is 11.8 Å². The van der Waals surface area contributed by atoms with Crippen molar-refractivity contribution in [3.8, 4) is 0 Å². The highest BCUT2D eigenvalue weighted by Gasteiger charge is 2.27. The van der Waals surface area contributed by atoms with E-state index >= 15 is 0 Å². The van der Waals surface area contributed by atoms with E-state index in [0.717, 1.165) is 25.1 Å². The number of amides is 2. The highest BCUT2D eigenvalue weighted by molar-refractivity contribution is 5.95. The fourth-order valence-electron chi connectivity index (χ4n) is 3.22. The Labute approximate surface area is 143 Å². The summed E-state index contributed by atoms with van der Waals surface area (Å²) in [4.78, 5) is 34.8. The Hall–Kier alpha value is -1.98. The molecule has 0 unspecified atom stereocenters. The monoisotopic (exact) mass is 330 g/mol. The molecule has 0 aromatic carbocycles. The van der Waals surface area contributed by atoms with E-state index in [0.29, 0.717) is 42.7 Å². The molecule has 0 spiro atoms. The second-order valence-electron chi connectivity index (χ2n) is 7.10. The van der Waals surface area contributed by atoms with Crippen LogP contribution in [0.25, 0.3) is 0 Å². The molecule has 1 aromatic rings. The molecule has 1 aliphatic heterocycles. The summed E-state index contributed by atoms with van der Waals surface area (Å²) in [5, 5.41) is 3.03. The van der Waals surface area contributed by atoms with Gasteiger partial charge in [0.2, 0.25) is 5.91 Å². The number of aromatic nitrogens is 2. The van der Waals surface area contributed by atoms with Crippen LogP contribution in [0.3, 0.4) is 0 Å². The van der Waals surface area contributed by atoms with Crippen LogP contribution in [0.2, 0.25) is 0 Å². The van der Waals surface area contributed by atoms with Gasteiger partial charge in [-0.1, -0.05) is 0 Å². The molecule has 2 heterocycles. The number of likely N-dealkylation sites (tertiary alicyclic amines) is 1. The lowest BCUT2D eigenvalue weighted by atomic mass is 9.93. The topological polar surface area (TPSA) is 75.2 Å². The Morgan fingerprint density at radius 2 is 1.88 bits per heavy atom. The molecule has 2 fully saturated rings. The number of piperidine rings is 1. The zero-order valence-corrected chi connectivity index (χ0v) is 14.5. The van der Waals surface area contributed by atoms with Crippen molar-refractivity contribution in [1.82, 2.24) is 20.2 Å². The average Bonchev–Trinajstić information content (AvgIpc) is 3.37. The fourth-order valence-corrected chi connectivity index (χ4v) is 3.22. The van der Waals surface area contributed by atoms with Crippen molar-refractivity contribution in [2.45, 2.75) is 46.0 Å². The number of hydrogen-bond acceptors (Lipinski definition) is 4. The van der Waals surface area contributed by atoms with Crippen LogP contribution in [0.15, 0.2) is 6.20 Å². The van der Waals surface area contributed by atoms with Crippen molar-refractivity contribution in [1.29, 1.82) is 0 Å². The third kappa shape index (κ3) is 4.30. The van der Waals surface area contributed by atoms with Crippen molar-refractivity contribution in [3.63, 3.8) is 0 Å². The lowest BCUT2D eigenvalue weighted by Gasteiger charge is -2.32. The number of hydrogen-bond donors (Lipinski definition) is 1. The number of nitrogens with one attached hydrogen (secondary N) is 1. The second kappa shape index (κ2) is 7.28. The summed E-state index contributed by atoms with van der Waals surface area (Å²) in [7, 11) is 0. The lowest BCUT2D eigenvalue weighted by Crippen LogP contribution is -2.40. The molecule has 2 aliphatic rings. The van der Waals surface area contributed by atoms with Crippen LogP contribution in [-0.2, 0) is 4.79 Å². The quantitative estimate of drug-likeness (QED) is 0.894. The van der Waals surface area contributed by atoms with Gasteiger partial charge in [0.1, 0.15) is 5.82 Å². The Kier molecular flexibility index (Phi) is 5.11. The number of carbonyl (C=O) groups is 2. The Morgan fingerprint density at radius 1 is 1.17 bits per heavy atom. The Balaban J connectivity index is 1.47.